The highest BCUT2D eigenvalue weighted by Gasteiger charge is 2.30. The van der Waals surface area contributed by atoms with Gasteiger partial charge >= 0.3 is 0 Å². The Labute approximate surface area is 189 Å². The molecule has 10 heteroatoms. The molecule has 1 fully saturated rings. The molecule has 4 rings (SSSR count). The molecule has 0 aliphatic heterocycles. The summed E-state index contributed by atoms with van der Waals surface area (Å²) in [6.07, 6.45) is 1.95. The normalized spacial score (nSPS) is 18.9. The molecular weight excluding hydrogens is 427 g/mol. The van der Waals surface area contributed by atoms with Gasteiger partial charge in [0.2, 0.25) is 0 Å². The SMILES string of the molecule is CC(C)(O)C(F)CNC(=O)c1cnc(-c2ccc3cc(C#N)cnn23)cc1NC1CC(O)C1. The highest BCUT2D eigenvalue weighted by Crippen LogP contribution is 2.29. The summed E-state index contributed by atoms with van der Waals surface area (Å²) in [6, 6.07) is 9.11. The molecule has 1 aliphatic rings. The van der Waals surface area contributed by atoms with Gasteiger partial charge in [-0.3, -0.25) is 9.78 Å². The van der Waals surface area contributed by atoms with Crippen molar-refractivity contribution in [3.05, 3.63) is 47.8 Å². The summed E-state index contributed by atoms with van der Waals surface area (Å²) >= 11 is 0. The average Bonchev–Trinajstić information content (AvgIpc) is 3.18. The van der Waals surface area contributed by atoms with Crippen LogP contribution in [-0.2, 0) is 0 Å². The number of aromatic nitrogens is 3. The Kier molecular flexibility index (Phi) is 6.01. The second kappa shape index (κ2) is 8.77. The van der Waals surface area contributed by atoms with Crippen LogP contribution in [-0.4, -0.2) is 61.2 Å². The number of alkyl halides is 1. The van der Waals surface area contributed by atoms with Crippen molar-refractivity contribution in [2.75, 3.05) is 11.9 Å². The smallest absolute Gasteiger partial charge is 0.255 e. The average molecular weight is 452 g/mol. The van der Waals surface area contributed by atoms with Crippen molar-refractivity contribution in [3.63, 3.8) is 0 Å². The number of anilines is 1. The zero-order chi connectivity index (χ0) is 23.8. The molecular formula is C23H25FN6O3. The molecule has 0 bridgehead atoms. The van der Waals surface area contributed by atoms with E-state index in [1.807, 2.05) is 12.1 Å². The molecule has 1 atom stereocenters. The summed E-state index contributed by atoms with van der Waals surface area (Å²) in [7, 11) is 0. The Bertz CT molecular complexity index is 1220. The quantitative estimate of drug-likeness (QED) is 0.431. The molecule has 33 heavy (non-hydrogen) atoms. The second-order valence-corrected chi connectivity index (χ2v) is 8.82. The van der Waals surface area contributed by atoms with E-state index in [4.69, 9.17) is 5.26 Å². The second-order valence-electron chi connectivity index (χ2n) is 8.82. The van der Waals surface area contributed by atoms with Gasteiger partial charge in [-0.15, -0.1) is 0 Å². The summed E-state index contributed by atoms with van der Waals surface area (Å²) in [5.41, 5.74) is 1.53. The number of nitrogens with zero attached hydrogens (tertiary/aromatic N) is 4. The van der Waals surface area contributed by atoms with E-state index in [9.17, 15) is 19.4 Å². The van der Waals surface area contributed by atoms with Gasteiger partial charge in [-0.25, -0.2) is 8.91 Å². The molecule has 0 radical (unpaired) electrons. The Morgan fingerprint density at radius 2 is 2.12 bits per heavy atom. The minimum atomic E-state index is -1.64. The number of rotatable bonds is 7. The first-order valence-electron chi connectivity index (χ1n) is 10.6. The van der Waals surface area contributed by atoms with Crippen LogP contribution in [0.4, 0.5) is 10.1 Å². The van der Waals surface area contributed by atoms with Crippen LogP contribution in [0.5, 0.6) is 0 Å². The molecule has 3 aromatic rings. The molecule has 1 unspecified atom stereocenters. The minimum absolute atomic E-state index is 0.00697. The molecule has 3 heterocycles. The number of aliphatic hydroxyl groups is 2. The first-order valence-corrected chi connectivity index (χ1v) is 10.6. The standard InChI is InChI=1S/C23H25FN6O3/c1-23(2,33)21(24)12-27-22(32)17-11-26-19(8-18(17)29-14-6-16(31)7-14)20-4-3-15-5-13(9-25)10-28-30(15)20/h3-5,8,10-11,14,16,21,31,33H,6-7,12H2,1-2H3,(H,26,29)(H,27,32). The number of fused-ring (bicyclic) bond motifs is 1. The number of carbonyl (C=O) groups excluding carboxylic acids is 1. The maximum Gasteiger partial charge on any atom is 0.255 e. The van der Waals surface area contributed by atoms with Crippen molar-refractivity contribution in [3.8, 4) is 17.5 Å². The monoisotopic (exact) mass is 452 g/mol. The molecule has 9 nitrogen and oxygen atoms in total. The van der Waals surface area contributed by atoms with E-state index in [2.05, 4.69) is 26.8 Å². The summed E-state index contributed by atoms with van der Waals surface area (Å²) in [4.78, 5) is 17.2. The third-order valence-electron chi connectivity index (χ3n) is 5.72. The number of hydrogen-bond donors (Lipinski definition) is 4. The van der Waals surface area contributed by atoms with E-state index in [1.165, 1.54) is 26.2 Å². The van der Waals surface area contributed by atoms with Gasteiger partial charge < -0.3 is 20.8 Å². The van der Waals surface area contributed by atoms with Crippen molar-refractivity contribution in [1.82, 2.24) is 19.9 Å². The van der Waals surface area contributed by atoms with Gasteiger partial charge in [0.15, 0.2) is 0 Å². The first kappa shape index (κ1) is 22.6. The van der Waals surface area contributed by atoms with Gasteiger partial charge in [-0.1, -0.05) is 0 Å². The van der Waals surface area contributed by atoms with Gasteiger partial charge in [0, 0.05) is 12.2 Å². The number of carbonyl (C=O) groups is 1. The molecule has 0 aromatic carbocycles. The summed E-state index contributed by atoms with van der Waals surface area (Å²) in [6.45, 7) is 2.33. The van der Waals surface area contributed by atoms with Crippen LogP contribution in [0.15, 0.2) is 36.7 Å². The summed E-state index contributed by atoms with van der Waals surface area (Å²) in [5, 5.41) is 38.6. The third-order valence-corrected chi connectivity index (χ3v) is 5.72. The molecule has 1 amide bonds. The number of halogens is 1. The fraction of sp³-hybridized carbons (Fsp3) is 0.391. The molecule has 1 saturated carbocycles. The van der Waals surface area contributed by atoms with Crippen molar-refractivity contribution in [1.29, 1.82) is 5.26 Å². The largest absolute Gasteiger partial charge is 0.393 e. The van der Waals surface area contributed by atoms with E-state index >= 15 is 0 Å². The minimum Gasteiger partial charge on any atom is -0.393 e. The van der Waals surface area contributed by atoms with Crippen molar-refractivity contribution in [2.45, 2.75) is 50.6 Å². The van der Waals surface area contributed by atoms with E-state index in [-0.39, 0.29) is 24.3 Å². The lowest BCUT2D eigenvalue weighted by Gasteiger charge is -2.33. The summed E-state index contributed by atoms with van der Waals surface area (Å²) in [5.74, 6) is -0.528. The lowest BCUT2D eigenvalue weighted by atomic mass is 9.89. The fourth-order valence-corrected chi connectivity index (χ4v) is 3.60. The molecule has 172 valence electrons. The zero-order valence-corrected chi connectivity index (χ0v) is 18.3. The molecule has 0 saturated heterocycles. The van der Waals surface area contributed by atoms with E-state index in [0.717, 1.165) is 5.52 Å². The first-order chi connectivity index (χ1) is 15.7. The van der Waals surface area contributed by atoms with Crippen molar-refractivity contribution >= 4 is 17.1 Å². The molecule has 0 spiro atoms. The maximum atomic E-state index is 14.1. The van der Waals surface area contributed by atoms with Crippen LogP contribution in [0.3, 0.4) is 0 Å². The van der Waals surface area contributed by atoms with Crippen LogP contribution >= 0.6 is 0 Å². The summed E-state index contributed by atoms with van der Waals surface area (Å²) < 4.78 is 15.8. The Hall–Kier alpha value is -3.55. The van der Waals surface area contributed by atoms with Crippen LogP contribution in [0.2, 0.25) is 0 Å². The molecule has 3 aromatic heterocycles. The van der Waals surface area contributed by atoms with Crippen LogP contribution in [0.25, 0.3) is 16.9 Å². The van der Waals surface area contributed by atoms with Crippen LogP contribution < -0.4 is 10.6 Å². The van der Waals surface area contributed by atoms with E-state index < -0.39 is 17.7 Å². The van der Waals surface area contributed by atoms with E-state index in [1.54, 1.807) is 16.6 Å². The maximum absolute atomic E-state index is 14.1. The van der Waals surface area contributed by atoms with Crippen molar-refractivity contribution in [2.24, 2.45) is 0 Å². The van der Waals surface area contributed by atoms with Gasteiger partial charge in [0.05, 0.1) is 58.2 Å². The lowest BCUT2D eigenvalue weighted by Crippen LogP contribution is -2.42. The van der Waals surface area contributed by atoms with Crippen molar-refractivity contribution < 1.29 is 19.4 Å². The van der Waals surface area contributed by atoms with Crippen LogP contribution in [0, 0.1) is 11.3 Å². The Balaban J connectivity index is 1.64. The lowest BCUT2D eigenvalue weighted by molar-refractivity contribution is -0.00177. The third kappa shape index (κ3) is 4.79. The van der Waals surface area contributed by atoms with Gasteiger partial charge in [0.1, 0.15) is 12.2 Å². The van der Waals surface area contributed by atoms with Gasteiger partial charge in [-0.05, 0) is 51.0 Å². The number of amides is 1. The highest BCUT2D eigenvalue weighted by atomic mass is 19.1. The Morgan fingerprint density at radius 1 is 1.36 bits per heavy atom. The predicted octanol–water partition coefficient (Wildman–Crippen LogP) is 2.04. The topological polar surface area (TPSA) is 136 Å². The predicted molar refractivity (Wildman–Crippen MR) is 119 cm³/mol. The number of nitrogens with one attached hydrogen (secondary N) is 2. The zero-order valence-electron chi connectivity index (χ0n) is 18.3. The van der Waals surface area contributed by atoms with E-state index in [0.29, 0.717) is 35.5 Å². The number of hydrogen-bond acceptors (Lipinski definition) is 7. The number of nitriles is 1. The Morgan fingerprint density at radius 3 is 2.79 bits per heavy atom. The number of pyridine rings is 1. The van der Waals surface area contributed by atoms with Gasteiger partial charge in [0.25, 0.3) is 5.91 Å². The molecule has 1 aliphatic carbocycles. The molecule has 4 N–H and O–H groups in total. The fourth-order valence-electron chi connectivity index (χ4n) is 3.60. The van der Waals surface area contributed by atoms with Crippen LogP contribution in [0.1, 0.15) is 42.6 Å². The highest BCUT2D eigenvalue weighted by molar-refractivity contribution is 6.00. The number of aliphatic hydroxyl groups excluding tert-OH is 1. The van der Waals surface area contributed by atoms with Gasteiger partial charge in [-0.2, -0.15) is 10.4 Å².